The van der Waals surface area contributed by atoms with Gasteiger partial charge in [-0.15, -0.1) is 0 Å². The number of nitrogens with zero attached hydrogens (tertiary/aromatic N) is 2. The summed E-state index contributed by atoms with van der Waals surface area (Å²) in [6.07, 6.45) is 2.47. The first-order valence-corrected chi connectivity index (χ1v) is 8.35. The number of hydrogen-bond acceptors (Lipinski definition) is 3. The molecule has 5 heteroatoms. The van der Waals surface area contributed by atoms with E-state index in [9.17, 15) is 9.59 Å². The lowest BCUT2D eigenvalue weighted by Crippen LogP contribution is -2.51. The van der Waals surface area contributed by atoms with Crippen LogP contribution in [0.4, 0.5) is 11.4 Å². The van der Waals surface area contributed by atoms with E-state index in [0.717, 1.165) is 37.4 Å². The monoisotopic (exact) mass is 316 g/mol. The van der Waals surface area contributed by atoms with Crippen LogP contribution in [-0.2, 0) is 14.3 Å². The van der Waals surface area contributed by atoms with Crippen molar-refractivity contribution in [3.63, 3.8) is 0 Å². The number of fused-ring (bicyclic) bond motifs is 1. The topological polar surface area (TPSA) is 49.9 Å². The molecule has 3 rings (SSSR count). The molecule has 124 valence electrons. The lowest BCUT2D eigenvalue weighted by molar-refractivity contribution is -0.121. The van der Waals surface area contributed by atoms with Gasteiger partial charge < -0.3 is 14.5 Å². The zero-order valence-electron chi connectivity index (χ0n) is 13.8. The molecule has 1 atom stereocenters. The van der Waals surface area contributed by atoms with Gasteiger partial charge in [-0.05, 0) is 37.8 Å². The summed E-state index contributed by atoms with van der Waals surface area (Å²) < 4.78 is 5.37. The second-order valence-corrected chi connectivity index (χ2v) is 6.49. The molecule has 5 nitrogen and oxygen atoms in total. The van der Waals surface area contributed by atoms with Crippen molar-refractivity contribution in [3.05, 3.63) is 24.3 Å². The molecule has 0 bridgehead atoms. The predicted molar refractivity (Wildman–Crippen MR) is 89.6 cm³/mol. The lowest BCUT2D eigenvalue weighted by atomic mass is 9.95. The minimum atomic E-state index is -0.0129. The van der Waals surface area contributed by atoms with Gasteiger partial charge in [-0.1, -0.05) is 12.1 Å². The van der Waals surface area contributed by atoms with Gasteiger partial charge in [-0.3, -0.25) is 9.59 Å². The molecule has 1 fully saturated rings. The third-order valence-corrected chi connectivity index (χ3v) is 4.76. The van der Waals surface area contributed by atoms with E-state index in [4.69, 9.17) is 4.74 Å². The van der Waals surface area contributed by atoms with E-state index in [0.29, 0.717) is 18.9 Å². The third kappa shape index (κ3) is 3.24. The molecule has 0 aromatic heterocycles. The Labute approximate surface area is 137 Å². The van der Waals surface area contributed by atoms with Gasteiger partial charge in [0.1, 0.15) is 0 Å². The van der Waals surface area contributed by atoms with Crippen molar-refractivity contribution in [1.29, 1.82) is 0 Å². The molecule has 2 aliphatic heterocycles. The van der Waals surface area contributed by atoms with Gasteiger partial charge in [0.15, 0.2) is 0 Å². The Bertz CT molecular complexity index is 596. The van der Waals surface area contributed by atoms with E-state index >= 15 is 0 Å². The van der Waals surface area contributed by atoms with Crippen molar-refractivity contribution < 1.29 is 14.3 Å². The van der Waals surface area contributed by atoms with E-state index in [2.05, 4.69) is 0 Å². The summed E-state index contributed by atoms with van der Waals surface area (Å²) in [5, 5.41) is 0. The van der Waals surface area contributed by atoms with Crippen molar-refractivity contribution in [2.45, 2.75) is 39.2 Å². The summed E-state index contributed by atoms with van der Waals surface area (Å²) in [6, 6.07) is 7.66. The number of anilines is 2. The van der Waals surface area contributed by atoms with Crippen LogP contribution in [0.15, 0.2) is 24.3 Å². The molecule has 2 heterocycles. The minimum absolute atomic E-state index is 0.0129. The first kappa shape index (κ1) is 16.0. The van der Waals surface area contributed by atoms with Crippen LogP contribution >= 0.6 is 0 Å². The fourth-order valence-corrected chi connectivity index (χ4v) is 3.60. The fraction of sp³-hybridized carbons (Fsp3) is 0.556. The highest BCUT2D eigenvalue weighted by Gasteiger charge is 2.33. The molecular formula is C18H24N2O3. The molecule has 23 heavy (non-hydrogen) atoms. The van der Waals surface area contributed by atoms with E-state index in [-0.39, 0.29) is 17.9 Å². The molecule has 1 aromatic rings. The lowest BCUT2D eigenvalue weighted by Gasteiger charge is -2.41. The fourth-order valence-electron chi connectivity index (χ4n) is 3.60. The summed E-state index contributed by atoms with van der Waals surface area (Å²) in [5.41, 5.74) is 1.68. The average Bonchev–Trinajstić information content (AvgIpc) is 2.54. The van der Waals surface area contributed by atoms with Gasteiger partial charge in [0.05, 0.1) is 17.4 Å². The molecule has 0 unspecified atom stereocenters. The summed E-state index contributed by atoms with van der Waals surface area (Å²) >= 11 is 0. The highest BCUT2D eigenvalue weighted by Crippen LogP contribution is 2.36. The zero-order chi connectivity index (χ0) is 16.4. The minimum Gasteiger partial charge on any atom is -0.381 e. The molecule has 0 radical (unpaired) electrons. The van der Waals surface area contributed by atoms with Gasteiger partial charge in [0.2, 0.25) is 11.8 Å². The molecule has 1 aromatic carbocycles. The van der Waals surface area contributed by atoms with E-state index in [1.54, 1.807) is 11.8 Å². The van der Waals surface area contributed by atoms with Crippen LogP contribution in [0.5, 0.6) is 0 Å². The number of amides is 2. The number of ether oxygens (including phenoxy) is 1. The second kappa shape index (κ2) is 6.71. The number of rotatable bonds is 2. The van der Waals surface area contributed by atoms with Gasteiger partial charge >= 0.3 is 0 Å². The first-order chi connectivity index (χ1) is 11.1. The normalized spacial score (nSPS) is 21.9. The summed E-state index contributed by atoms with van der Waals surface area (Å²) in [5.74, 6) is 0.574. The predicted octanol–water partition coefficient (Wildman–Crippen LogP) is 2.59. The Morgan fingerprint density at radius 2 is 1.83 bits per heavy atom. The Morgan fingerprint density at radius 1 is 1.17 bits per heavy atom. The smallest absolute Gasteiger partial charge is 0.227 e. The SMILES string of the molecule is CC(=O)N1c2ccccc2N(C(=O)CC2CCOCC2)C[C@@H]1C. The van der Waals surface area contributed by atoms with Crippen LogP contribution in [0.1, 0.15) is 33.1 Å². The Morgan fingerprint density at radius 3 is 2.48 bits per heavy atom. The van der Waals surface area contributed by atoms with Crippen LogP contribution < -0.4 is 9.80 Å². The van der Waals surface area contributed by atoms with Crippen molar-refractivity contribution in [3.8, 4) is 0 Å². The van der Waals surface area contributed by atoms with Crippen LogP contribution in [-0.4, -0.2) is 37.6 Å². The number of carbonyl (C=O) groups is 2. The summed E-state index contributed by atoms with van der Waals surface area (Å²) in [6.45, 7) is 5.63. The Hall–Kier alpha value is -1.88. The number of para-hydroxylation sites is 2. The highest BCUT2D eigenvalue weighted by molar-refractivity contribution is 6.03. The van der Waals surface area contributed by atoms with E-state index < -0.39 is 0 Å². The molecular weight excluding hydrogens is 292 g/mol. The van der Waals surface area contributed by atoms with Crippen molar-refractivity contribution in [1.82, 2.24) is 0 Å². The molecule has 0 saturated carbocycles. The molecule has 2 amide bonds. The molecule has 0 N–H and O–H groups in total. The third-order valence-electron chi connectivity index (χ3n) is 4.76. The molecule has 0 spiro atoms. The second-order valence-electron chi connectivity index (χ2n) is 6.49. The van der Waals surface area contributed by atoms with E-state index in [1.165, 1.54) is 0 Å². The highest BCUT2D eigenvalue weighted by atomic mass is 16.5. The molecule has 0 aliphatic carbocycles. The average molecular weight is 316 g/mol. The zero-order valence-corrected chi connectivity index (χ0v) is 13.8. The van der Waals surface area contributed by atoms with Gasteiger partial charge in [0.25, 0.3) is 0 Å². The van der Waals surface area contributed by atoms with Gasteiger partial charge in [0, 0.05) is 33.1 Å². The Kier molecular flexibility index (Phi) is 4.66. The summed E-state index contributed by atoms with van der Waals surface area (Å²) in [7, 11) is 0. The first-order valence-electron chi connectivity index (χ1n) is 8.35. The van der Waals surface area contributed by atoms with Crippen molar-refractivity contribution in [2.75, 3.05) is 29.6 Å². The van der Waals surface area contributed by atoms with Gasteiger partial charge in [-0.2, -0.15) is 0 Å². The van der Waals surface area contributed by atoms with Gasteiger partial charge in [-0.25, -0.2) is 0 Å². The number of hydrogen-bond donors (Lipinski definition) is 0. The quantitative estimate of drug-likeness (QED) is 0.842. The maximum Gasteiger partial charge on any atom is 0.227 e. The Balaban J connectivity index is 1.83. The van der Waals surface area contributed by atoms with Crippen LogP contribution in [0.3, 0.4) is 0 Å². The standard InChI is InChI=1S/C18H24N2O3/c1-13-12-19(18(22)11-15-7-9-23-10-8-15)16-5-3-4-6-17(16)20(13)14(2)21/h3-6,13,15H,7-12H2,1-2H3/t13-/m0/s1. The molecule has 1 saturated heterocycles. The van der Waals surface area contributed by atoms with Crippen molar-refractivity contribution >= 4 is 23.2 Å². The van der Waals surface area contributed by atoms with Crippen molar-refractivity contribution in [2.24, 2.45) is 5.92 Å². The van der Waals surface area contributed by atoms with E-state index in [1.807, 2.05) is 36.1 Å². The van der Waals surface area contributed by atoms with Crippen LogP contribution in [0, 0.1) is 5.92 Å². The maximum absolute atomic E-state index is 12.8. The molecule has 2 aliphatic rings. The van der Waals surface area contributed by atoms with Crippen LogP contribution in [0.25, 0.3) is 0 Å². The largest absolute Gasteiger partial charge is 0.381 e. The number of carbonyl (C=O) groups excluding carboxylic acids is 2. The number of benzene rings is 1. The maximum atomic E-state index is 12.8. The summed E-state index contributed by atoms with van der Waals surface area (Å²) in [4.78, 5) is 28.4. The van der Waals surface area contributed by atoms with Crippen LogP contribution in [0.2, 0.25) is 0 Å².